The van der Waals surface area contributed by atoms with Crippen molar-refractivity contribution in [3.8, 4) is 0 Å². The number of nitrogen functional groups attached to an aromatic ring is 1. The quantitative estimate of drug-likeness (QED) is 0.674. The summed E-state index contributed by atoms with van der Waals surface area (Å²) in [5, 5.41) is 0. The third-order valence-electron chi connectivity index (χ3n) is 3.51. The first-order valence-electron chi connectivity index (χ1n) is 6.89. The van der Waals surface area contributed by atoms with Gasteiger partial charge in [-0.15, -0.1) is 0 Å². The number of rotatable bonds is 3. The first kappa shape index (κ1) is 14.4. The molecule has 108 valence electrons. The van der Waals surface area contributed by atoms with Gasteiger partial charge in [0, 0.05) is 18.8 Å². The van der Waals surface area contributed by atoms with Gasteiger partial charge in [-0.05, 0) is 49.9 Å². The molecule has 1 saturated heterocycles. The van der Waals surface area contributed by atoms with Crippen molar-refractivity contribution in [3.05, 3.63) is 29.3 Å². The molecule has 1 heterocycles. The third kappa shape index (κ3) is 3.50. The second-order valence-electron chi connectivity index (χ2n) is 5.09. The molecule has 1 aromatic carbocycles. The lowest BCUT2D eigenvalue weighted by atomic mass is 10.1. The molecule has 1 aliphatic rings. The normalized spacial score (nSPS) is 14.9. The van der Waals surface area contributed by atoms with Gasteiger partial charge >= 0.3 is 5.97 Å². The van der Waals surface area contributed by atoms with Crippen molar-refractivity contribution in [2.45, 2.75) is 26.2 Å². The first-order chi connectivity index (χ1) is 9.58. The molecular weight excluding hydrogens is 256 g/mol. The predicted octanol–water partition coefficient (Wildman–Crippen LogP) is 1.75. The van der Waals surface area contributed by atoms with Crippen LogP contribution in [0.3, 0.4) is 0 Å². The number of carbonyl (C=O) groups excluding carboxylic acids is 2. The fraction of sp³-hybridized carbons (Fsp3) is 0.467. The van der Waals surface area contributed by atoms with E-state index in [9.17, 15) is 9.59 Å². The second-order valence-corrected chi connectivity index (χ2v) is 5.09. The number of hydrogen-bond acceptors (Lipinski definition) is 4. The molecule has 0 atom stereocenters. The summed E-state index contributed by atoms with van der Waals surface area (Å²) in [6.07, 6.45) is 3.21. The Morgan fingerprint density at radius 2 is 1.95 bits per heavy atom. The van der Waals surface area contributed by atoms with E-state index in [1.54, 1.807) is 30.0 Å². The summed E-state index contributed by atoms with van der Waals surface area (Å²) in [7, 11) is 0. The number of carbonyl (C=O) groups is 2. The molecule has 20 heavy (non-hydrogen) atoms. The summed E-state index contributed by atoms with van der Waals surface area (Å²) in [6.45, 7) is 3.12. The minimum atomic E-state index is -0.479. The van der Waals surface area contributed by atoms with E-state index in [4.69, 9.17) is 10.5 Å². The van der Waals surface area contributed by atoms with Crippen LogP contribution in [-0.4, -0.2) is 36.5 Å². The zero-order chi connectivity index (χ0) is 14.5. The lowest BCUT2D eigenvalue weighted by Gasteiger charge is -2.26. The third-order valence-corrected chi connectivity index (χ3v) is 3.51. The number of hydrogen-bond donors (Lipinski definition) is 1. The van der Waals surface area contributed by atoms with Crippen molar-refractivity contribution < 1.29 is 14.3 Å². The Balaban J connectivity index is 1.89. The van der Waals surface area contributed by atoms with Crippen LogP contribution in [0.1, 0.15) is 35.2 Å². The Morgan fingerprint density at radius 1 is 1.25 bits per heavy atom. The molecule has 0 radical (unpaired) electrons. The van der Waals surface area contributed by atoms with Gasteiger partial charge in [-0.1, -0.05) is 0 Å². The van der Waals surface area contributed by atoms with E-state index in [2.05, 4.69) is 0 Å². The number of nitrogens with two attached hydrogens (primary N) is 1. The average molecular weight is 276 g/mol. The number of aryl methyl sites for hydroxylation is 1. The highest BCUT2D eigenvalue weighted by atomic mass is 16.5. The SMILES string of the molecule is Cc1cc(N)ccc1C(=O)OCC(=O)N1CCCCC1. The topological polar surface area (TPSA) is 72.6 Å². The van der Waals surface area contributed by atoms with E-state index in [0.29, 0.717) is 11.3 Å². The van der Waals surface area contributed by atoms with Gasteiger partial charge in [0.05, 0.1) is 5.56 Å². The smallest absolute Gasteiger partial charge is 0.338 e. The Hall–Kier alpha value is -2.04. The number of benzene rings is 1. The molecular formula is C15H20N2O3. The molecule has 0 spiro atoms. The Kier molecular flexibility index (Phi) is 4.61. The number of anilines is 1. The molecule has 1 fully saturated rings. The van der Waals surface area contributed by atoms with Gasteiger partial charge < -0.3 is 15.4 Å². The summed E-state index contributed by atoms with van der Waals surface area (Å²) in [5.41, 5.74) is 7.43. The van der Waals surface area contributed by atoms with Gasteiger partial charge in [0.1, 0.15) is 0 Å². The average Bonchev–Trinajstić information content (AvgIpc) is 2.45. The zero-order valence-corrected chi connectivity index (χ0v) is 11.7. The molecule has 0 bridgehead atoms. The van der Waals surface area contributed by atoms with Crippen LogP contribution in [0.15, 0.2) is 18.2 Å². The second kappa shape index (κ2) is 6.41. The van der Waals surface area contributed by atoms with Crippen LogP contribution in [0.4, 0.5) is 5.69 Å². The fourth-order valence-electron chi connectivity index (χ4n) is 2.36. The van der Waals surface area contributed by atoms with Crippen molar-refractivity contribution in [2.24, 2.45) is 0 Å². The number of esters is 1. The summed E-state index contributed by atoms with van der Waals surface area (Å²) >= 11 is 0. The van der Waals surface area contributed by atoms with E-state index in [1.807, 2.05) is 0 Å². The Labute approximate surface area is 118 Å². The van der Waals surface area contributed by atoms with E-state index < -0.39 is 5.97 Å². The number of amides is 1. The first-order valence-corrected chi connectivity index (χ1v) is 6.89. The highest BCUT2D eigenvalue weighted by Gasteiger charge is 2.19. The van der Waals surface area contributed by atoms with Crippen LogP contribution in [0.25, 0.3) is 0 Å². The van der Waals surface area contributed by atoms with E-state index in [1.165, 1.54) is 0 Å². The maximum Gasteiger partial charge on any atom is 0.338 e. The molecule has 2 N–H and O–H groups in total. The lowest BCUT2D eigenvalue weighted by Crippen LogP contribution is -2.38. The lowest BCUT2D eigenvalue weighted by molar-refractivity contribution is -0.135. The molecule has 5 heteroatoms. The van der Waals surface area contributed by atoms with Crippen LogP contribution in [0, 0.1) is 6.92 Å². The molecule has 1 aliphatic heterocycles. The van der Waals surface area contributed by atoms with Gasteiger partial charge in [0.2, 0.25) is 0 Å². The van der Waals surface area contributed by atoms with E-state index >= 15 is 0 Å². The predicted molar refractivity (Wildman–Crippen MR) is 76.3 cm³/mol. The Morgan fingerprint density at radius 3 is 2.60 bits per heavy atom. The van der Waals surface area contributed by atoms with Gasteiger partial charge in [-0.3, -0.25) is 4.79 Å². The summed E-state index contributed by atoms with van der Waals surface area (Å²) in [6, 6.07) is 4.98. The molecule has 1 aromatic rings. The maximum atomic E-state index is 11.9. The summed E-state index contributed by atoms with van der Waals surface area (Å²) in [5.74, 6) is -0.598. The van der Waals surface area contributed by atoms with Crippen molar-refractivity contribution in [2.75, 3.05) is 25.4 Å². The number of ether oxygens (including phenoxy) is 1. The molecule has 0 aromatic heterocycles. The van der Waals surface area contributed by atoms with E-state index in [-0.39, 0.29) is 12.5 Å². The molecule has 0 unspecified atom stereocenters. The van der Waals surface area contributed by atoms with Gasteiger partial charge in [-0.25, -0.2) is 4.79 Å². The summed E-state index contributed by atoms with van der Waals surface area (Å²) in [4.78, 5) is 25.6. The van der Waals surface area contributed by atoms with E-state index in [0.717, 1.165) is 37.9 Å². The van der Waals surface area contributed by atoms with Gasteiger partial charge in [-0.2, -0.15) is 0 Å². The molecule has 2 rings (SSSR count). The fourth-order valence-corrected chi connectivity index (χ4v) is 2.36. The highest BCUT2D eigenvalue weighted by Crippen LogP contribution is 2.14. The van der Waals surface area contributed by atoms with Crippen LogP contribution < -0.4 is 5.73 Å². The van der Waals surface area contributed by atoms with Crippen molar-refractivity contribution in [1.29, 1.82) is 0 Å². The number of piperidine rings is 1. The van der Waals surface area contributed by atoms with Crippen LogP contribution in [0.5, 0.6) is 0 Å². The van der Waals surface area contributed by atoms with Crippen LogP contribution >= 0.6 is 0 Å². The zero-order valence-electron chi connectivity index (χ0n) is 11.7. The maximum absolute atomic E-state index is 11.9. The minimum absolute atomic E-state index is 0.119. The number of nitrogens with zero attached hydrogens (tertiary/aromatic N) is 1. The largest absolute Gasteiger partial charge is 0.452 e. The molecule has 1 amide bonds. The summed E-state index contributed by atoms with van der Waals surface area (Å²) < 4.78 is 5.09. The standard InChI is InChI=1S/C15H20N2O3/c1-11-9-12(16)5-6-13(11)15(19)20-10-14(18)17-7-3-2-4-8-17/h5-6,9H,2-4,7-8,10,16H2,1H3. The van der Waals surface area contributed by atoms with Gasteiger partial charge in [0.15, 0.2) is 6.61 Å². The Bertz CT molecular complexity index is 508. The molecule has 0 saturated carbocycles. The van der Waals surface area contributed by atoms with Gasteiger partial charge in [0.25, 0.3) is 5.91 Å². The van der Waals surface area contributed by atoms with Crippen LogP contribution in [-0.2, 0) is 9.53 Å². The van der Waals surface area contributed by atoms with Crippen molar-refractivity contribution in [1.82, 2.24) is 4.90 Å². The minimum Gasteiger partial charge on any atom is -0.452 e. The highest BCUT2D eigenvalue weighted by molar-refractivity contribution is 5.93. The number of likely N-dealkylation sites (tertiary alicyclic amines) is 1. The molecule has 5 nitrogen and oxygen atoms in total. The monoisotopic (exact) mass is 276 g/mol. The molecule has 0 aliphatic carbocycles. The van der Waals surface area contributed by atoms with Crippen molar-refractivity contribution >= 4 is 17.6 Å². The van der Waals surface area contributed by atoms with Crippen molar-refractivity contribution in [3.63, 3.8) is 0 Å². The van der Waals surface area contributed by atoms with Crippen LogP contribution in [0.2, 0.25) is 0 Å².